The molecule has 1 aliphatic rings. The highest BCUT2D eigenvalue weighted by Crippen LogP contribution is 2.33. The van der Waals surface area contributed by atoms with Crippen LogP contribution in [0.1, 0.15) is 48.9 Å². The van der Waals surface area contributed by atoms with Gasteiger partial charge in [0.1, 0.15) is 5.75 Å². The van der Waals surface area contributed by atoms with Gasteiger partial charge in [0.15, 0.2) is 0 Å². The summed E-state index contributed by atoms with van der Waals surface area (Å²) in [7, 11) is 0. The molecule has 2 heterocycles. The Morgan fingerprint density at radius 1 is 1.18 bits per heavy atom. The van der Waals surface area contributed by atoms with Crippen LogP contribution in [0.15, 0.2) is 58.4 Å². The number of hydrazone groups is 1. The Balaban J connectivity index is 1.73. The predicted molar refractivity (Wildman–Crippen MR) is 125 cm³/mol. The van der Waals surface area contributed by atoms with Gasteiger partial charge in [-0.1, -0.05) is 29.8 Å². The molecule has 0 aliphatic carbocycles. The number of hydrogen-bond acceptors (Lipinski definition) is 5. The third-order valence-corrected chi connectivity index (χ3v) is 5.59. The van der Waals surface area contributed by atoms with Crippen LogP contribution in [0.5, 0.6) is 5.75 Å². The molecule has 0 radical (unpaired) electrons. The lowest BCUT2D eigenvalue weighted by Crippen LogP contribution is -2.31. The highest BCUT2D eigenvalue weighted by atomic mass is 16.5. The lowest BCUT2D eigenvalue weighted by molar-refractivity contribution is -0.141. The summed E-state index contributed by atoms with van der Waals surface area (Å²) in [6, 6.07) is 14.4. The molecule has 1 aliphatic heterocycles. The fourth-order valence-corrected chi connectivity index (χ4v) is 4.01. The number of fused-ring (bicyclic) bond motifs is 1. The molecule has 0 saturated carbocycles. The molecule has 1 amide bonds. The molecule has 2 N–H and O–H groups in total. The van der Waals surface area contributed by atoms with Crippen LogP contribution in [0, 0.1) is 6.92 Å². The van der Waals surface area contributed by atoms with Crippen LogP contribution >= 0.6 is 0 Å². The van der Waals surface area contributed by atoms with Crippen molar-refractivity contribution in [3.8, 4) is 5.75 Å². The maximum atomic E-state index is 13.0. The van der Waals surface area contributed by atoms with Crippen LogP contribution in [-0.4, -0.2) is 39.3 Å². The summed E-state index contributed by atoms with van der Waals surface area (Å²) in [5.41, 5.74) is 3.32. The van der Waals surface area contributed by atoms with Crippen molar-refractivity contribution in [3.05, 3.63) is 75.6 Å². The fraction of sp³-hybridized carbons (Fsp3) is 0.280. The highest BCUT2D eigenvalue weighted by Gasteiger charge is 2.34. The van der Waals surface area contributed by atoms with Crippen LogP contribution in [0.2, 0.25) is 0 Å². The number of pyridine rings is 1. The third kappa shape index (κ3) is 4.79. The first-order valence-corrected chi connectivity index (χ1v) is 10.8. The van der Waals surface area contributed by atoms with Crippen molar-refractivity contribution in [1.29, 1.82) is 0 Å². The van der Waals surface area contributed by atoms with Crippen LogP contribution < -0.4 is 10.3 Å². The summed E-state index contributed by atoms with van der Waals surface area (Å²) in [5, 5.41) is 15.6. The topological polar surface area (TPSA) is 112 Å². The Morgan fingerprint density at radius 2 is 2.00 bits per heavy atom. The van der Waals surface area contributed by atoms with Gasteiger partial charge in [0, 0.05) is 24.5 Å². The van der Waals surface area contributed by atoms with Crippen molar-refractivity contribution in [1.82, 2.24) is 9.99 Å². The number of benzene rings is 2. The SMILES string of the molecule is CCOc1ccc2cc([C@@H]3CC(c4cccc(C)c4)=NN3C(=O)CCC(=O)O)c(=O)[nH]c2c1. The normalized spacial score (nSPS) is 15.5. The molecule has 2 aromatic carbocycles. The zero-order valence-electron chi connectivity index (χ0n) is 18.5. The molecule has 0 unspecified atom stereocenters. The van der Waals surface area contributed by atoms with Gasteiger partial charge in [0.2, 0.25) is 5.91 Å². The molecule has 0 saturated heterocycles. The monoisotopic (exact) mass is 447 g/mol. The van der Waals surface area contributed by atoms with E-state index < -0.39 is 17.9 Å². The average Bonchev–Trinajstić information content (AvgIpc) is 3.22. The summed E-state index contributed by atoms with van der Waals surface area (Å²) in [5.74, 6) is -0.836. The summed E-state index contributed by atoms with van der Waals surface area (Å²) in [6.45, 7) is 4.37. The van der Waals surface area contributed by atoms with Gasteiger partial charge in [0.25, 0.3) is 5.56 Å². The first-order chi connectivity index (χ1) is 15.9. The number of rotatable bonds is 7. The quantitative estimate of drug-likeness (QED) is 0.572. The number of amides is 1. The number of carbonyl (C=O) groups is 2. The Kier molecular flexibility index (Phi) is 6.26. The number of hydrogen-bond donors (Lipinski definition) is 2. The number of aryl methyl sites for hydroxylation is 1. The Labute approximate surface area is 190 Å². The second kappa shape index (κ2) is 9.28. The van der Waals surface area contributed by atoms with Crippen LogP contribution in [0.4, 0.5) is 0 Å². The van der Waals surface area contributed by atoms with E-state index >= 15 is 0 Å². The van der Waals surface area contributed by atoms with Crippen LogP contribution in [0.3, 0.4) is 0 Å². The van der Waals surface area contributed by atoms with Crippen molar-refractivity contribution in [3.63, 3.8) is 0 Å². The van der Waals surface area contributed by atoms with Gasteiger partial charge in [-0.2, -0.15) is 5.10 Å². The van der Waals surface area contributed by atoms with Crippen molar-refractivity contribution >= 4 is 28.5 Å². The summed E-state index contributed by atoms with van der Waals surface area (Å²) >= 11 is 0. The van der Waals surface area contributed by atoms with E-state index in [0.717, 1.165) is 16.5 Å². The zero-order valence-corrected chi connectivity index (χ0v) is 18.5. The molecular weight excluding hydrogens is 422 g/mol. The molecule has 0 bridgehead atoms. The van der Waals surface area contributed by atoms with Gasteiger partial charge >= 0.3 is 5.97 Å². The van der Waals surface area contributed by atoms with Gasteiger partial charge < -0.3 is 14.8 Å². The molecular formula is C25H25N3O5. The van der Waals surface area contributed by atoms with E-state index in [1.54, 1.807) is 12.1 Å². The number of nitrogens with one attached hydrogen (secondary N) is 1. The van der Waals surface area contributed by atoms with Crippen LogP contribution in [-0.2, 0) is 9.59 Å². The van der Waals surface area contributed by atoms with Gasteiger partial charge in [-0.3, -0.25) is 14.4 Å². The smallest absolute Gasteiger partial charge is 0.303 e. The number of carboxylic acid groups (broad SMARTS) is 1. The van der Waals surface area contributed by atoms with Gasteiger partial charge in [-0.25, -0.2) is 5.01 Å². The van der Waals surface area contributed by atoms with Crippen molar-refractivity contribution in [2.24, 2.45) is 5.10 Å². The second-order valence-corrected chi connectivity index (χ2v) is 8.00. The lowest BCUT2D eigenvalue weighted by Gasteiger charge is -2.21. The first-order valence-electron chi connectivity index (χ1n) is 10.8. The largest absolute Gasteiger partial charge is 0.494 e. The van der Waals surface area contributed by atoms with E-state index in [1.165, 1.54) is 5.01 Å². The van der Waals surface area contributed by atoms with Gasteiger partial charge in [-0.05, 0) is 43.0 Å². The number of aromatic amines is 1. The molecule has 170 valence electrons. The second-order valence-electron chi connectivity index (χ2n) is 8.00. The molecule has 33 heavy (non-hydrogen) atoms. The molecule has 0 fully saturated rings. The highest BCUT2D eigenvalue weighted by molar-refractivity contribution is 6.03. The Morgan fingerprint density at radius 3 is 2.73 bits per heavy atom. The van der Waals surface area contributed by atoms with E-state index in [1.807, 2.05) is 50.2 Å². The predicted octanol–water partition coefficient (Wildman–Crippen LogP) is 3.78. The van der Waals surface area contributed by atoms with E-state index in [4.69, 9.17) is 9.84 Å². The van der Waals surface area contributed by atoms with E-state index in [9.17, 15) is 14.4 Å². The number of ether oxygens (including phenoxy) is 1. The van der Waals surface area contributed by atoms with Crippen LogP contribution in [0.25, 0.3) is 10.9 Å². The van der Waals surface area contributed by atoms with Crippen molar-refractivity contribution in [2.75, 3.05) is 6.61 Å². The minimum Gasteiger partial charge on any atom is -0.494 e. The summed E-state index contributed by atoms with van der Waals surface area (Å²) in [6.07, 6.45) is -0.140. The number of carboxylic acids is 1. The van der Waals surface area contributed by atoms with E-state index in [0.29, 0.717) is 35.6 Å². The van der Waals surface area contributed by atoms with E-state index in [2.05, 4.69) is 10.1 Å². The van der Waals surface area contributed by atoms with E-state index in [-0.39, 0.29) is 18.4 Å². The van der Waals surface area contributed by atoms with Gasteiger partial charge in [0.05, 0.1) is 30.3 Å². The Bertz CT molecular complexity index is 1310. The van der Waals surface area contributed by atoms with Crippen molar-refractivity contribution < 1.29 is 19.4 Å². The molecule has 4 rings (SSSR count). The lowest BCUT2D eigenvalue weighted by atomic mass is 9.97. The third-order valence-electron chi connectivity index (χ3n) is 5.59. The molecule has 1 aromatic heterocycles. The summed E-state index contributed by atoms with van der Waals surface area (Å²) < 4.78 is 5.51. The fourth-order valence-electron chi connectivity index (χ4n) is 4.01. The number of aliphatic carboxylic acids is 1. The molecule has 1 atom stereocenters. The maximum Gasteiger partial charge on any atom is 0.303 e. The Hall–Kier alpha value is -3.94. The van der Waals surface area contributed by atoms with Gasteiger partial charge in [-0.15, -0.1) is 0 Å². The standard InChI is InChI=1S/C25H25N3O5/c1-3-33-18-8-7-17-12-19(25(32)26-20(17)13-18)22-14-21(16-6-4-5-15(2)11-16)27-28(22)23(29)9-10-24(30)31/h4-8,11-13,22H,3,9-10,14H2,1-2H3,(H,26,32)(H,30,31)/t22-/m0/s1. The minimum absolute atomic E-state index is 0.195. The molecule has 8 heteroatoms. The number of carbonyl (C=O) groups excluding carboxylic acids is 1. The molecule has 3 aromatic rings. The maximum absolute atomic E-state index is 13.0. The average molecular weight is 447 g/mol. The molecule has 8 nitrogen and oxygen atoms in total. The number of nitrogens with zero attached hydrogens (tertiary/aromatic N) is 2. The first kappa shape index (κ1) is 22.3. The minimum atomic E-state index is -1.06. The molecule has 0 spiro atoms. The number of aromatic nitrogens is 1. The van der Waals surface area contributed by atoms with Crippen molar-refractivity contribution in [2.45, 2.75) is 39.2 Å². The zero-order chi connectivity index (χ0) is 23.5. The summed E-state index contributed by atoms with van der Waals surface area (Å²) in [4.78, 5) is 39.8. The number of H-pyrrole nitrogens is 1.